The molecule has 0 radical (unpaired) electrons. The van der Waals surface area contributed by atoms with Crippen LogP contribution in [0.15, 0.2) is 54.6 Å². The smallest absolute Gasteiger partial charge is 0.164 e. The second kappa shape index (κ2) is 11.7. The molecule has 0 amide bonds. The van der Waals surface area contributed by atoms with Gasteiger partial charge >= 0.3 is 0 Å². The van der Waals surface area contributed by atoms with E-state index in [1.54, 1.807) is 24.3 Å². The molecule has 4 nitrogen and oxygen atoms in total. The van der Waals surface area contributed by atoms with E-state index < -0.39 is 0 Å². The number of piperazine rings is 1. The molecule has 0 aromatic heterocycles. The Morgan fingerprint density at radius 1 is 1.11 bits per heavy atom. The van der Waals surface area contributed by atoms with Crippen LogP contribution in [0, 0.1) is 11.3 Å². The summed E-state index contributed by atoms with van der Waals surface area (Å²) in [6.45, 7) is 3.67. The maximum Gasteiger partial charge on any atom is 0.164 e. The molecule has 6 heteroatoms. The SMILES string of the molecule is Cl.Cl.N#Cc1ccc(C(=O)CCN2CCNCC2Cc2ccccc2)cc1. The summed E-state index contributed by atoms with van der Waals surface area (Å²) in [6, 6.07) is 19.9. The summed E-state index contributed by atoms with van der Waals surface area (Å²) in [5, 5.41) is 12.3. The van der Waals surface area contributed by atoms with Gasteiger partial charge < -0.3 is 5.32 Å². The van der Waals surface area contributed by atoms with Crippen molar-refractivity contribution in [2.45, 2.75) is 18.9 Å². The molecule has 1 N–H and O–H groups in total. The number of carbonyl (C=O) groups is 1. The highest BCUT2D eigenvalue weighted by atomic mass is 35.5. The Balaban J connectivity index is 0.00000182. The summed E-state index contributed by atoms with van der Waals surface area (Å²) in [6.07, 6.45) is 1.51. The van der Waals surface area contributed by atoms with Crippen LogP contribution < -0.4 is 5.32 Å². The summed E-state index contributed by atoms with van der Waals surface area (Å²) >= 11 is 0. The number of carbonyl (C=O) groups excluding carboxylic acids is 1. The summed E-state index contributed by atoms with van der Waals surface area (Å²) < 4.78 is 0. The van der Waals surface area contributed by atoms with Crippen LogP contribution in [0.1, 0.15) is 27.9 Å². The Kier molecular flexibility index (Phi) is 10.1. The fraction of sp³-hybridized carbons (Fsp3) is 0.333. The van der Waals surface area contributed by atoms with Gasteiger partial charge in [0.05, 0.1) is 11.6 Å². The monoisotopic (exact) mass is 405 g/mol. The van der Waals surface area contributed by atoms with Crippen LogP contribution in [0.5, 0.6) is 0 Å². The number of nitrogens with zero attached hydrogens (tertiary/aromatic N) is 2. The molecule has 0 saturated carbocycles. The molecular weight excluding hydrogens is 381 g/mol. The standard InChI is InChI=1S/C21H23N3O.2ClH/c22-15-18-6-8-19(9-7-18)21(25)10-12-24-13-11-23-16-20(24)14-17-4-2-1-3-5-17;;/h1-9,20,23H,10-14,16H2;2*1H. The van der Waals surface area contributed by atoms with E-state index in [4.69, 9.17) is 5.26 Å². The number of rotatable bonds is 6. The number of nitrogens with one attached hydrogen (secondary N) is 1. The lowest BCUT2D eigenvalue weighted by molar-refractivity contribution is 0.0935. The minimum absolute atomic E-state index is 0. The van der Waals surface area contributed by atoms with E-state index in [0.29, 0.717) is 23.6 Å². The normalized spacial score (nSPS) is 16.5. The lowest BCUT2D eigenvalue weighted by Crippen LogP contribution is -2.52. The molecule has 0 bridgehead atoms. The number of hydrogen-bond donors (Lipinski definition) is 1. The largest absolute Gasteiger partial charge is 0.314 e. The first-order chi connectivity index (χ1) is 12.3. The van der Waals surface area contributed by atoms with Crippen molar-refractivity contribution in [3.8, 4) is 6.07 Å². The third kappa shape index (κ3) is 6.64. The molecule has 27 heavy (non-hydrogen) atoms. The highest BCUT2D eigenvalue weighted by Crippen LogP contribution is 2.13. The molecule has 1 aliphatic heterocycles. The predicted molar refractivity (Wildman–Crippen MR) is 113 cm³/mol. The van der Waals surface area contributed by atoms with Crippen LogP contribution in [0.2, 0.25) is 0 Å². The van der Waals surface area contributed by atoms with Crippen molar-refractivity contribution in [3.63, 3.8) is 0 Å². The number of benzene rings is 2. The first kappa shape index (κ1) is 23.1. The van der Waals surface area contributed by atoms with E-state index in [9.17, 15) is 4.79 Å². The van der Waals surface area contributed by atoms with Gasteiger partial charge in [-0.25, -0.2) is 0 Å². The summed E-state index contributed by atoms with van der Waals surface area (Å²) in [7, 11) is 0. The molecule has 144 valence electrons. The van der Waals surface area contributed by atoms with Crippen LogP contribution >= 0.6 is 24.8 Å². The van der Waals surface area contributed by atoms with Crippen molar-refractivity contribution in [2.75, 3.05) is 26.2 Å². The van der Waals surface area contributed by atoms with Crippen LogP contribution in [0.3, 0.4) is 0 Å². The van der Waals surface area contributed by atoms with Gasteiger partial charge in [0.25, 0.3) is 0 Å². The highest BCUT2D eigenvalue weighted by Gasteiger charge is 2.22. The maximum absolute atomic E-state index is 12.4. The van der Waals surface area contributed by atoms with Crippen LogP contribution in [0.4, 0.5) is 0 Å². The van der Waals surface area contributed by atoms with Gasteiger partial charge in [0.2, 0.25) is 0 Å². The second-order valence-electron chi connectivity index (χ2n) is 6.45. The van der Waals surface area contributed by atoms with Gasteiger partial charge in [-0.3, -0.25) is 9.69 Å². The highest BCUT2D eigenvalue weighted by molar-refractivity contribution is 5.96. The Labute approximate surface area is 173 Å². The molecule has 0 spiro atoms. The molecule has 1 saturated heterocycles. The van der Waals surface area contributed by atoms with Gasteiger partial charge in [-0.15, -0.1) is 24.8 Å². The zero-order chi connectivity index (χ0) is 17.5. The fourth-order valence-corrected chi connectivity index (χ4v) is 3.30. The van der Waals surface area contributed by atoms with Gasteiger partial charge in [-0.05, 0) is 24.1 Å². The Bertz CT molecular complexity index is 744. The molecule has 0 aliphatic carbocycles. The Hall–Kier alpha value is -1.90. The number of nitriles is 1. The van der Waals surface area contributed by atoms with E-state index in [1.807, 2.05) is 6.07 Å². The van der Waals surface area contributed by atoms with Crippen LogP contribution in [0.25, 0.3) is 0 Å². The number of halogens is 2. The molecule has 1 fully saturated rings. The van der Waals surface area contributed by atoms with Gasteiger partial charge in [0.15, 0.2) is 5.78 Å². The van der Waals surface area contributed by atoms with E-state index >= 15 is 0 Å². The van der Waals surface area contributed by atoms with Gasteiger partial charge in [0.1, 0.15) is 0 Å². The fourth-order valence-electron chi connectivity index (χ4n) is 3.30. The number of hydrogen-bond acceptors (Lipinski definition) is 4. The minimum Gasteiger partial charge on any atom is -0.314 e. The average molecular weight is 406 g/mol. The molecule has 1 unspecified atom stereocenters. The van der Waals surface area contributed by atoms with Crippen molar-refractivity contribution >= 4 is 30.6 Å². The van der Waals surface area contributed by atoms with Crippen molar-refractivity contribution in [2.24, 2.45) is 0 Å². The molecule has 1 aliphatic rings. The summed E-state index contributed by atoms with van der Waals surface area (Å²) in [5.74, 6) is 0.140. The Morgan fingerprint density at radius 2 is 1.81 bits per heavy atom. The lowest BCUT2D eigenvalue weighted by Gasteiger charge is -2.36. The molecular formula is C21H25Cl2N3O. The predicted octanol–water partition coefficient (Wildman–Crippen LogP) is 3.49. The van der Waals surface area contributed by atoms with E-state index in [1.165, 1.54) is 5.56 Å². The zero-order valence-corrected chi connectivity index (χ0v) is 16.8. The van der Waals surface area contributed by atoms with E-state index in [0.717, 1.165) is 32.6 Å². The lowest BCUT2D eigenvalue weighted by atomic mass is 10.0. The molecule has 1 heterocycles. The third-order valence-corrected chi connectivity index (χ3v) is 4.75. The first-order valence-electron chi connectivity index (χ1n) is 8.78. The third-order valence-electron chi connectivity index (χ3n) is 4.75. The average Bonchev–Trinajstić information content (AvgIpc) is 2.68. The van der Waals surface area contributed by atoms with Crippen molar-refractivity contribution in [3.05, 3.63) is 71.3 Å². The van der Waals surface area contributed by atoms with Gasteiger partial charge in [0, 0.05) is 44.2 Å². The number of ketones is 1. The van der Waals surface area contributed by atoms with E-state index in [-0.39, 0.29) is 30.6 Å². The van der Waals surface area contributed by atoms with Crippen LogP contribution in [-0.4, -0.2) is 42.9 Å². The summed E-state index contributed by atoms with van der Waals surface area (Å²) in [5.41, 5.74) is 2.61. The van der Waals surface area contributed by atoms with Gasteiger partial charge in [-0.2, -0.15) is 5.26 Å². The molecule has 3 rings (SSSR count). The molecule has 2 aromatic carbocycles. The minimum atomic E-state index is 0. The first-order valence-corrected chi connectivity index (χ1v) is 8.78. The number of Topliss-reactive ketones (excluding diaryl/α,β-unsaturated/α-hetero) is 1. The van der Waals surface area contributed by atoms with Crippen molar-refractivity contribution in [1.82, 2.24) is 10.2 Å². The van der Waals surface area contributed by atoms with Gasteiger partial charge in [-0.1, -0.05) is 42.5 Å². The quantitative estimate of drug-likeness (QED) is 0.747. The van der Waals surface area contributed by atoms with Crippen molar-refractivity contribution < 1.29 is 4.79 Å². The maximum atomic E-state index is 12.4. The summed E-state index contributed by atoms with van der Waals surface area (Å²) in [4.78, 5) is 14.8. The molecule has 1 atom stereocenters. The Morgan fingerprint density at radius 3 is 2.48 bits per heavy atom. The topological polar surface area (TPSA) is 56.1 Å². The molecule has 2 aromatic rings. The van der Waals surface area contributed by atoms with E-state index in [2.05, 4.69) is 40.6 Å². The van der Waals surface area contributed by atoms with Crippen LogP contribution in [-0.2, 0) is 6.42 Å². The second-order valence-corrected chi connectivity index (χ2v) is 6.45. The van der Waals surface area contributed by atoms with Crippen molar-refractivity contribution in [1.29, 1.82) is 5.26 Å². The zero-order valence-electron chi connectivity index (χ0n) is 15.1.